The minimum Gasteiger partial charge on any atom is -0.381 e. The molecule has 0 aliphatic carbocycles. The summed E-state index contributed by atoms with van der Waals surface area (Å²) in [5.41, 5.74) is 0.823. The number of nitro benzene ring substituents is 1. The SMILES string of the molecule is COC1CCN(c2ccc([N+](=O)[O-])c(C=O)c2)CC1. The summed E-state index contributed by atoms with van der Waals surface area (Å²) in [6.07, 6.45) is 2.65. The average Bonchev–Trinajstić information content (AvgIpc) is 2.46. The Balaban J connectivity index is 2.18. The topological polar surface area (TPSA) is 72.7 Å². The van der Waals surface area contributed by atoms with E-state index in [1.54, 1.807) is 19.2 Å². The van der Waals surface area contributed by atoms with Gasteiger partial charge >= 0.3 is 0 Å². The van der Waals surface area contributed by atoms with Crippen LogP contribution in [0.1, 0.15) is 23.2 Å². The third kappa shape index (κ3) is 2.90. The monoisotopic (exact) mass is 264 g/mol. The Morgan fingerprint density at radius 1 is 1.42 bits per heavy atom. The van der Waals surface area contributed by atoms with E-state index in [0.29, 0.717) is 6.29 Å². The number of hydrogen-bond acceptors (Lipinski definition) is 5. The van der Waals surface area contributed by atoms with Crippen LogP contribution in [0.15, 0.2) is 18.2 Å². The Bertz CT molecular complexity index is 482. The first-order valence-corrected chi connectivity index (χ1v) is 6.17. The maximum Gasteiger partial charge on any atom is 0.280 e. The lowest BCUT2D eigenvalue weighted by atomic mass is 10.1. The van der Waals surface area contributed by atoms with Crippen molar-refractivity contribution in [1.29, 1.82) is 0 Å². The van der Waals surface area contributed by atoms with Crippen molar-refractivity contribution in [3.05, 3.63) is 33.9 Å². The zero-order valence-electron chi connectivity index (χ0n) is 10.7. The standard InChI is InChI=1S/C13H16N2O4/c1-19-12-4-6-14(7-5-12)11-2-3-13(15(17)18)10(8-11)9-16/h2-3,8-9,12H,4-7H2,1H3. The predicted octanol–water partition coefficient (Wildman–Crippen LogP) is 2.02. The highest BCUT2D eigenvalue weighted by Crippen LogP contribution is 2.26. The van der Waals surface area contributed by atoms with Crippen LogP contribution in [-0.2, 0) is 4.74 Å². The summed E-state index contributed by atoms with van der Waals surface area (Å²) in [6.45, 7) is 1.66. The van der Waals surface area contributed by atoms with Crippen molar-refractivity contribution in [2.24, 2.45) is 0 Å². The number of anilines is 1. The molecule has 6 nitrogen and oxygen atoms in total. The van der Waals surface area contributed by atoms with Gasteiger partial charge in [-0.25, -0.2) is 0 Å². The Morgan fingerprint density at radius 3 is 2.63 bits per heavy atom. The van der Waals surface area contributed by atoms with Crippen LogP contribution >= 0.6 is 0 Å². The molecule has 1 aliphatic rings. The summed E-state index contributed by atoms with van der Waals surface area (Å²) in [7, 11) is 1.71. The number of carbonyl (C=O) groups excluding carboxylic acids is 1. The minimum absolute atomic E-state index is 0.122. The lowest BCUT2D eigenvalue weighted by molar-refractivity contribution is -0.385. The molecule has 2 rings (SSSR count). The van der Waals surface area contributed by atoms with Crippen LogP contribution < -0.4 is 4.90 Å². The number of hydrogen-bond donors (Lipinski definition) is 0. The van der Waals surface area contributed by atoms with E-state index in [4.69, 9.17) is 4.74 Å². The van der Waals surface area contributed by atoms with Crippen molar-refractivity contribution in [2.75, 3.05) is 25.1 Å². The molecule has 1 fully saturated rings. The van der Waals surface area contributed by atoms with Crippen LogP contribution in [0.3, 0.4) is 0 Å². The molecule has 1 aromatic carbocycles. The molecule has 0 N–H and O–H groups in total. The average molecular weight is 264 g/mol. The zero-order chi connectivity index (χ0) is 13.8. The number of nitro groups is 1. The number of piperidine rings is 1. The second-order valence-corrected chi connectivity index (χ2v) is 4.54. The first-order valence-electron chi connectivity index (χ1n) is 6.17. The van der Waals surface area contributed by atoms with Gasteiger partial charge in [-0.1, -0.05) is 0 Å². The molecule has 0 unspecified atom stereocenters. The lowest BCUT2D eigenvalue weighted by Crippen LogP contribution is -2.36. The summed E-state index contributed by atoms with van der Waals surface area (Å²) in [5, 5.41) is 10.8. The highest BCUT2D eigenvalue weighted by atomic mass is 16.6. The number of nitrogens with zero attached hydrogens (tertiary/aromatic N) is 2. The molecule has 0 bridgehead atoms. The molecule has 1 saturated heterocycles. The molecule has 0 atom stereocenters. The fraction of sp³-hybridized carbons (Fsp3) is 0.462. The quantitative estimate of drug-likeness (QED) is 0.472. The molecule has 1 heterocycles. The van der Waals surface area contributed by atoms with E-state index in [1.807, 2.05) is 0 Å². The fourth-order valence-corrected chi connectivity index (χ4v) is 2.35. The van der Waals surface area contributed by atoms with E-state index in [1.165, 1.54) is 6.07 Å². The Hall–Kier alpha value is -1.95. The summed E-state index contributed by atoms with van der Waals surface area (Å²) in [4.78, 5) is 23.3. The second-order valence-electron chi connectivity index (χ2n) is 4.54. The highest BCUT2D eigenvalue weighted by Gasteiger charge is 2.21. The molecule has 0 radical (unpaired) electrons. The van der Waals surface area contributed by atoms with Crippen molar-refractivity contribution >= 4 is 17.7 Å². The Kier molecular flexibility index (Phi) is 4.11. The van der Waals surface area contributed by atoms with Crippen LogP contribution in [0.25, 0.3) is 0 Å². The molecule has 0 saturated carbocycles. The van der Waals surface area contributed by atoms with Gasteiger partial charge in [-0.2, -0.15) is 0 Å². The molecule has 6 heteroatoms. The maximum atomic E-state index is 10.9. The van der Waals surface area contributed by atoms with Gasteiger partial charge in [0, 0.05) is 32.0 Å². The minimum atomic E-state index is -0.537. The fourth-order valence-electron chi connectivity index (χ4n) is 2.35. The summed E-state index contributed by atoms with van der Waals surface area (Å²) >= 11 is 0. The van der Waals surface area contributed by atoms with Gasteiger partial charge < -0.3 is 9.64 Å². The van der Waals surface area contributed by atoms with E-state index in [2.05, 4.69) is 4.90 Å². The van der Waals surface area contributed by atoms with Crippen LogP contribution in [0.4, 0.5) is 11.4 Å². The molecule has 0 spiro atoms. The normalized spacial score (nSPS) is 16.4. The van der Waals surface area contributed by atoms with Gasteiger partial charge in [-0.15, -0.1) is 0 Å². The van der Waals surface area contributed by atoms with Gasteiger partial charge in [0.15, 0.2) is 6.29 Å². The van der Waals surface area contributed by atoms with Gasteiger partial charge in [-0.3, -0.25) is 14.9 Å². The Morgan fingerprint density at radius 2 is 2.11 bits per heavy atom. The van der Waals surface area contributed by atoms with Gasteiger partial charge in [0.05, 0.1) is 16.6 Å². The van der Waals surface area contributed by atoms with Crippen molar-refractivity contribution in [1.82, 2.24) is 0 Å². The molecular weight excluding hydrogens is 248 g/mol. The summed E-state index contributed by atoms with van der Waals surface area (Å²) in [6, 6.07) is 4.66. The van der Waals surface area contributed by atoms with Crippen LogP contribution in [0, 0.1) is 10.1 Å². The van der Waals surface area contributed by atoms with Crippen LogP contribution in [0.5, 0.6) is 0 Å². The smallest absolute Gasteiger partial charge is 0.280 e. The van der Waals surface area contributed by atoms with E-state index in [0.717, 1.165) is 31.6 Å². The molecule has 19 heavy (non-hydrogen) atoms. The molecule has 102 valence electrons. The van der Waals surface area contributed by atoms with Crippen molar-refractivity contribution in [2.45, 2.75) is 18.9 Å². The van der Waals surface area contributed by atoms with Gasteiger partial charge in [0.25, 0.3) is 5.69 Å². The van der Waals surface area contributed by atoms with E-state index in [-0.39, 0.29) is 17.4 Å². The number of aldehydes is 1. The molecule has 0 amide bonds. The first-order chi connectivity index (χ1) is 9.15. The molecule has 0 aromatic heterocycles. The molecule has 1 aromatic rings. The van der Waals surface area contributed by atoms with Crippen molar-refractivity contribution < 1.29 is 14.5 Å². The zero-order valence-corrected chi connectivity index (χ0v) is 10.7. The number of methoxy groups -OCH3 is 1. The molecular formula is C13H16N2O4. The summed E-state index contributed by atoms with van der Waals surface area (Å²) < 4.78 is 5.30. The maximum absolute atomic E-state index is 10.9. The van der Waals surface area contributed by atoms with Crippen LogP contribution in [-0.4, -0.2) is 37.5 Å². The predicted molar refractivity (Wildman–Crippen MR) is 70.7 cm³/mol. The number of ether oxygens (including phenoxy) is 1. The van der Waals surface area contributed by atoms with Crippen molar-refractivity contribution in [3.63, 3.8) is 0 Å². The Labute approximate surface area is 111 Å². The van der Waals surface area contributed by atoms with E-state index < -0.39 is 4.92 Å². The summed E-state index contributed by atoms with van der Waals surface area (Å²) in [5.74, 6) is 0. The van der Waals surface area contributed by atoms with Gasteiger partial charge in [0.1, 0.15) is 0 Å². The van der Waals surface area contributed by atoms with E-state index >= 15 is 0 Å². The van der Waals surface area contributed by atoms with Crippen LogP contribution in [0.2, 0.25) is 0 Å². The first kappa shape index (κ1) is 13.5. The number of benzene rings is 1. The lowest BCUT2D eigenvalue weighted by Gasteiger charge is -2.33. The largest absolute Gasteiger partial charge is 0.381 e. The van der Waals surface area contributed by atoms with Crippen molar-refractivity contribution in [3.8, 4) is 0 Å². The van der Waals surface area contributed by atoms with Gasteiger partial charge in [0.2, 0.25) is 0 Å². The van der Waals surface area contributed by atoms with E-state index in [9.17, 15) is 14.9 Å². The third-order valence-corrected chi connectivity index (χ3v) is 3.48. The third-order valence-electron chi connectivity index (χ3n) is 3.48. The molecule has 1 aliphatic heterocycles. The second kappa shape index (κ2) is 5.79. The number of carbonyl (C=O) groups is 1. The van der Waals surface area contributed by atoms with Gasteiger partial charge in [-0.05, 0) is 25.0 Å². The number of rotatable bonds is 4. The highest BCUT2D eigenvalue weighted by molar-refractivity contribution is 5.83.